The standard InChI is InChI=1S/C17H17FN2O/c1-11(2)15-7-13-4-5-14(8-16(13)20-15)21-10-12-3-6-17(18)19-9-12/h3-9,11,20H,10H2,1-2H3. The first-order valence-electron chi connectivity index (χ1n) is 6.98. The van der Waals surface area contributed by atoms with Gasteiger partial charge in [-0.25, -0.2) is 4.98 Å². The zero-order valence-electron chi connectivity index (χ0n) is 12.1. The molecule has 1 N–H and O–H groups in total. The highest BCUT2D eigenvalue weighted by Crippen LogP contribution is 2.25. The molecule has 21 heavy (non-hydrogen) atoms. The Morgan fingerprint density at radius 3 is 2.76 bits per heavy atom. The van der Waals surface area contributed by atoms with E-state index in [9.17, 15) is 4.39 Å². The van der Waals surface area contributed by atoms with Gasteiger partial charge in [-0.05, 0) is 41.6 Å². The largest absolute Gasteiger partial charge is 0.489 e. The first-order chi connectivity index (χ1) is 10.1. The van der Waals surface area contributed by atoms with Gasteiger partial charge in [0.1, 0.15) is 12.4 Å². The number of aromatic amines is 1. The van der Waals surface area contributed by atoms with Crippen LogP contribution >= 0.6 is 0 Å². The SMILES string of the molecule is CC(C)c1cc2ccc(OCc3ccc(F)nc3)cc2[nH]1. The highest BCUT2D eigenvalue weighted by atomic mass is 19.1. The summed E-state index contributed by atoms with van der Waals surface area (Å²) in [5, 5.41) is 1.18. The Bertz CT molecular complexity index is 747. The number of nitrogens with zero attached hydrogens (tertiary/aromatic N) is 1. The van der Waals surface area contributed by atoms with Crippen molar-refractivity contribution in [3.05, 3.63) is 59.8 Å². The summed E-state index contributed by atoms with van der Waals surface area (Å²) in [6.07, 6.45) is 1.49. The van der Waals surface area contributed by atoms with Crippen LogP contribution in [0.5, 0.6) is 5.75 Å². The Labute approximate surface area is 122 Å². The Balaban J connectivity index is 1.76. The first kappa shape index (κ1) is 13.6. The molecular formula is C17H17FN2O. The molecule has 0 saturated heterocycles. The van der Waals surface area contributed by atoms with Crippen LogP contribution in [0.25, 0.3) is 10.9 Å². The van der Waals surface area contributed by atoms with Crippen LogP contribution in [0, 0.1) is 5.95 Å². The second-order valence-corrected chi connectivity index (χ2v) is 5.41. The molecule has 0 aliphatic rings. The van der Waals surface area contributed by atoms with Crippen LogP contribution in [0.2, 0.25) is 0 Å². The lowest BCUT2D eigenvalue weighted by molar-refractivity contribution is 0.306. The average Bonchev–Trinajstić information content (AvgIpc) is 2.90. The van der Waals surface area contributed by atoms with E-state index in [0.717, 1.165) is 16.8 Å². The normalized spacial score (nSPS) is 11.2. The Morgan fingerprint density at radius 1 is 1.19 bits per heavy atom. The monoisotopic (exact) mass is 284 g/mol. The van der Waals surface area contributed by atoms with E-state index in [1.807, 2.05) is 18.2 Å². The van der Waals surface area contributed by atoms with Gasteiger partial charge in [0.25, 0.3) is 0 Å². The van der Waals surface area contributed by atoms with Gasteiger partial charge in [0.2, 0.25) is 5.95 Å². The molecular weight excluding hydrogens is 267 g/mol. The number of hydrogen-bond donors (Lipinski definition) is 1. The van der Waals surface area contributed by atoms with Crippen molar-refractivity contribution >= 4 is 10.9 Å². The maximum Gasteiger partial charge on any atom is 0.212 e. The van der Waals surface area contributed by atoms with E-state index < -0.39 is 5.95 Å². The molecule has 1 aromatic carbocycles. The predicted molar refractivity (Wildman–Crippen MR) is 80.9 cm³/mol. The second kappa shape index (κ2) is 5.56. The summed E-state index contributed by atoms with van der Waals surface area (Å²) in [6, 6.07) is 11.1. The molecule has 0 aliphatic heterocycles. The van der Waals surface area contributed by atoms with Crippen LogP contribution in [0.1, 0.15) is 31.0 Å². The van der Waals surface area contributed by atoms with Crippen LogP contribution in [-0.2, 0) is 6.61 Å². The van der Waals surface area contributed by atoms with Crippen molar-refractivity contribution in [3.8, 4) is 5.75 Å². The number of H-pyrrole nitrogens is 1. The van der Waals surface area contributed by atoms with Gasteiger partial charge in [0, 0.05) is 29.0 Å². The molecule has 0 aliphatic carbocycles. The Kier molecular flexibility index (Phi) is 3.60. The molecule has 0 bridgehead atoms. The van der Waals surface area contributed by atoms with Crippen molar-refractivity contribution in [2.75, 3.05) is 0 Å². The Morgan fingerprint density at radius 2 is 2.05 bits per heavy atom. The molecule has 3 nitrogen and oxygen atoms in total. The quantitative estimate of drug-likeness (QED) is 0.721. The summed E-state index contributed by atoms with van der Waals surface area (Å²) in [5.41, 5.74) is 3.11. The minimum atomic E-state index is -0.479. The lowest BCUT2D eigenvalue weighted by Crippen LogP contribution is -1.96. The van der Waals surface area contributed by atoms with Gasteiger partial charge in [0.15, 0.2) is 0 Å². The van der Waals surface area contributed by atoms with Crippen molar-refractivity contribution in [1.82, 2.24) is 9.97 Å². The molecule has 2 aromatic heterocycles. The molecule has 108 valence electrons. The summed E-state index contributed by atoms with van der Waals surface area (Å²) in [7, 11) is 0. The van der Waals surface area contributed by atoms with E-state index in [2.05, 4.69) is 29.9 Å². The lowest BCUT2D eigenvalue weighted by atomic mass is 10.1. The third kappa shape index (κ3) is 3.05. The van der Waals surface area contributed by atoms with Gasteiger partial charge in [-0.3, -0.25) is 0 Å². The van der Waals surface area contributed by atoms with Crippen LogP contribution < -0.4 is 4.74 Å². The van der Waals surface area contributed by atoms with E-state index in [4.69, 9.17) is 4.74 Å². The van der Waals surface area contributed by atoms with Crippen molar-refractivity contribution in [3.63, 3.8) is 0 Å². The van der Waals surface area contributed by atoms with Crippen molar-refractivity contribution < 1.29 is 9.13 Å². The summed E-state index contributed by atoms with van der Waals surface area (Å²) >= 11 is 0. The number of hydrogen-bond acceptors (Lipinski definition) is 2. The maximum absolute atomic E-state index is 12.7. The van der Waals surface area contributed by atoms with E-state index in [1.165, 1.54) is 23.3 Å². The van der Waals surface area contributed by atoms with E-state index in [1.54, 1.807) is 6.07 Å². The topological polar surface area (TPSA) is 37.9 Å². The summed E-state index contributed by atoms with van der Waals surface area (Å²) < 4.78 is 18.5. The highest BCUT2D eigenvalue weighted by Gasteiger charge is 2.05. The number of pyridine rings is 1. The molecule has 4 heteroatoms. The molecule has 2 heterocycles. The number of nitrogens with one attached hydrogen (secondary N) is 1. The zero-order valence-corrected chi connectivity index (χ0v) is 12.1. The van der Waals surface area contributed by atoms with Crippen LogP contribution in [0.3, 0.4) is 0 Å². The van der Waals surface area contributed by atoms with Gasteiger partial charge in [-0.1, -0.05) is 13.8 Å². The molecule has 0 radical (unpaired) electrons. The number of benzene rings is 1. The number of aromatic nitrogens is 2. The molecule has 0 atom stereocenters. The molecule has 0 fully saturated rings. The highest BCUT2D eigenvalue weighted by molar-refractivity contribution is 5.82. The number of halogens is 1. The van der Waals surface area contributed by atoms with E-state index in [0.29, 0.717) is 12.5 Å². The van der Waals surface area contributed by atoms with Crippen molar-refractivity contribution in [2.24, 2.45) is 0 Å². The summed E-state index contributed by atoms with van der Waals surface area (Å²) in [5.74, 6) is 0.767. The average molecular weight is 284 g/mol. The molecule has 0 saturated carbocycles. The molecule has 3 rings (SSSR count). The van der Waals surface area contributed by atoms with E-state index in [-0.39, 0.29) is 0 Å². The van der Waals surface area contributed by atoms with Gasteiger partial charge >= 0.3 is 0 Å². The lowest BCUT2D eigenvalue weighted by Gasteiger charge is -2.06. The first-order valence-corrected chi connectivity index (χ1v) is 6.98. The zero-order chi connectivity index (χ0) is 14.8. The van der Waals surface area contributed by atoms with Gasteiger partial charge in [0.05, 0.1) is 0 Å². The number of ether oxygens (including phenoxy) is 1. The van der Waals surface area contributed by atoms with Gasteiger partial charge < -0.3 is 9.72 Å². The van der Waals surface area contributed by atoms with Gasteiger partial charge in [-0.15, -0.1) is 0 Å². The fourth-order valence-electron chi connectivity index (χ4n) is 2.19. The van der Waals surface area contributed by atoms with Crippen LogP contribution in [-0.4, -0.2) is 9.97 Å². The van der Waals surface area contributed by atoms with Gasteiger partial charge in [-0.2, -0.15) is 4.39 Å². The Hall–Kier alpha value is -2.36. The minimum absolute atomic E-state index is 0.372. The number of fused-ring (bicyclic) bond motifs is 1. The fraction of sp³-hybridized carbons (Fsp3) is 0.235. The van der Waals surface area contributed by atoms with E-state index >= 15 is 0 Å². The van der Waals surface area contributed by atoms with Crippen molar-refractivity contribution in [1.29, 1.82) is 0 Å². The smallest absolute Gasteiger partial charge is 0.212 e. The third-order valence-electron chi connectivity index (χ3n) is 3.43. The number of rotatable bonds is 4. The molecule has 0 spiro atoms. The maximum atomic E-state index is 12.7. The second-order valence-electron chi connectivity index (χ2n) is 5.41. The molecule has 3 aromatic rings. The molecule has 0 unspecified atom stereocenters. The minimum Gasteiger partial charge on any atom is -0.489 e. The summed E-state index contributed by atoms with van der Waals surface area (Å²) in [4.78, 5) is 7.01. The third-order valence-corrected chi connectivity index (χ3v) is 3.43. The summed E-state index contributed by atoms with van der Waals surface area (Å²) in [6.45, 7) is 4.68. The predicted octanol–water partition coefficient (Wildman–Crippen LogP) is 4.40. The van der Waals surface area contributed by atoms with Crippen LogP contribution in [0.15, 0.2) is 42.6 Å². The fourth-order valence-corrected chi connectivity index (χ4v) is 2.19. The van der Waals surface area contributed by atoms with Crippen molar-refractivity contribution in [2.45, 2.75) is 26.4 Å². The van der Waals surface area contributed by atoms with Crippen LogP contribution in [0.4, 0.5) is 4.39 Å². The molecule has 0 amide bonds.